The van der Waals surface area contributed by atoms with Crippen molar-refractivity contribution in [1.82, 2.24) is 0 Å². The molecule has 4 nitrogen and oxygen atoms in total. The Kier molecular flexibility index (Phi) is 3.29. The van der Waals surface area contributed by atoms with Crippen LogP contribution in [0.5, 0.6) is 0 Å². The summed E-state index contributed by atoms with van der Waals surface area (Å²) in [6.45, 7) is 0.755. The first-order valence-corrected chi connectivity index (χ1v) is 7.79. The maximum atomic E-state index is 13.6. The van der Waals surface area contributed by atoms with Gasteiger partial charge in [0.2, 0.25) is 0 Å². The molecule has 0 radical (unpaired) electrons. The van der Waals surface area contributed by atoms with Gasteiger partial charge in [-0.15, -0.1) is 0 Å². The summed E-state index contributed by atoms with van der Waals surface area (Å²) in [5.41, 5.74) is 1.37. The minimum atomic E-state index is -3.96. The van der Waals surface area contributed by atoms with Crippen LogP contribution in [-0.2, 0) is 16.4 Å². The summed E-state index contributed by atoms with van der Waals surface area (Å²) in [7, 11) is -3.96. The van der Waals surface area contributed by atoms with Gasteiger partial charge in [-0.1, -0.05) is 6.07 Å². The molecule has 0 fully saturated rings. The van der Waals surface area contributed by atoms with E-state index >= 15 is 0 Å². The molecule has 0 amide bonds. The lowest BCUT2D eigenvalue weighted by molar-refractivity contribution is 0.511. The summed E-state index contributed by atoms with van der Waals surface area (Å²) in [5.74, 6) is -2.32. The van der Waals surface area contributed by atoms with Crippen LogP contribution in [0, 0.1) is 11.6 Å². The van der Waals surface area contributed by atoms with Crippen molar-refractivity contribution in [3.05, 3.63) is 53.6 Å². The molecule has 2 aromatic rings. The maximum absolute atomic E-state index is 13.6. The minimum Gasteiger partial charge on any atom is -0.384 e. The fraction of sp³-hybridized carbons (Fsp3) is 0.143. The van der Waals surface area contributed by atoms with Crippen molar-refractivity contribution >= 4 is 21.4 Å². The van der Waals surface area contributed by atoms with Gasteiger partial charge in [0.15, 0.2) is 11.6 Å². The van der Waals surface area contributed by atoms with E-state index in [9.17, 15) is 17.2 Å². The summed E-state index contributed by atoms with van der Waals surface area (Å²) in [6.07, 6.45) is 0.729. The second-order valence-electron chi connectivity index (χ2n) is 4.70. The standard InChI is InChI=1S/C14H12F2N2O2S/c15-11-2-1-3-13(14(11)16)18-21(19,20)10-4-5-12-9(8-10)6-7-17-12/h1-5,8,17-18H,6-7H2. The van der Waals surface area contributed by atoms with Crippen molar-refractivity contribution < 1.29 is 17.2 Å². The fourth-order valence-corrected chi connectivity index (χ4v) is 3.34. The van der Waals surface area contributed by atoms with Gasteiger partial charge in [-0.25, -0.2) is 17.2 Å². The van der Waals surface area contributed by atoms with Gasteiger partial charge in [0.25, 0.3) is 10.0 Å². The highest BCUT2D eigenvalue weighted by Crippen LogP contribution is 2.27. The number of hydrogen-bond acceptors (Lipinski definition) is 3. The van der Waals surface area contributed by atoms with Crippen LogP contribution in [0.25, 0.3) is 0 Å². The van der Waals surface area contributed by atoms with E-state index in [-0.39, 0.29) is 4.90 Å². The summed E-state index contributed by atoms with van der Waals surface area (Å²) >= 11 is 0. The first kappa shape index (κ1) is 13.8. The molecule has 2 N–H and O–H groups in total. The molecular weight excluding hydrogens is 298 g/mol. The van der Waals surface area contributed by atoms with E-state index in [1.54, 1.807) is 6.07 Å². The molecule has 7 heteroatoms. The van der Waals surface area contributed by atoms with Crippen LogP contribution in [0.15, 0.2) is 41.3 Å². The van der Waals surface area contributed by atoms with Gasteiger partial charge < -0.3 is 5.32 Å². The van der Waals surface area contributed by atoms with Gasteiger partial charge in [0.05, 0.1) is 10.6 Å². The molecule has 0 aliphatic carbocycles. The monoisotopic (exact) mass is 310 g/mol. The molecule has 0 spiro atoms. The third-order valence-corrected chi connectivity index (χ3v) is 4.66. The van der Waals surface area contributed by atoms with Gasteiger partial charge in [-0.3, -0.25) is 4.72 Å². The Balaban J connectivity index is 1.96. The third kappa shape index (κ3) is 2.56. The lowest BCUT2D eigenvalue weighted by Gasteiger charge is -2.10. The fourth-order valence-electron chi connectivity index (χ4n) is 2.23. The molecule has 1 aliphatic rings. The second kappa shape index (κ2) is 5.00. The molecule has 0 saturated heterocycles. The predicted octanol–water partition coefficient (Wildman–Crippen LogP) is 2.73. The van der Waals surface area contributed by atoms with Gasteiger partial charge >= 0.3 is 0 Å². The zero-order valence-corrected chi connectivity index (χ0v) is 11.7. The molecule has 21 heavy (non-hydrogen) atoms. The van der Waals surface area contributed by atoms with E-state index in [4.69, 9.17) is 0 Å². The number of fused-ring (bicyclic) bond motifs is 1. The Morgan fingerprint density at radius 1 is 1.14 bits per heavy atom. The lowest BCUT2D eigenvalue weighted by Crippen LogP contribution is -2.14. The number of sulfonamides is 1. The number of benzene rings is 2. The van der Waals surface area contributed by atoms with Crippen LogP contribution in [0.1, 0.15) is 5.56 Å². The zero-order valence-electron chi connectivity index (χ0n) is 10.9. The first-order valence-electron chi connectivity index (χ1n) is 6.31. The Hall–Kier alpha value is -2.15. The smallest absolute Gasteiger partial charge is 0.261 e. The van der Waals surface area contributed by atoms with E-state index in [1.807, 2.05) is 0 Å². The highest BCUT2D eigenvalue weighted by atomic mass is 32.2. The average molecular weight is 310 g/mol. The van der Waals surface area contributed by atoms with Crippen molar-refractivity contribution in [2.75, 3.05) is 16.6 Å². The maximum Gasteiger partial charge on any atom is 0.261 e. The highest BCUT2D eigenvalue weighted by molar-refractivity contribution is 7.92. The normalized spacial score (nSPS) is 13.6. The SMILES string of the molecule is O=S(=O)(Nc1cccc(F)c1F)c1ccc2c(c1)CCN2. The molecule has 1 aliphatic heterocycles. The number of rotatable bonds is 3. The molecule has 1 heterocycles. The first-order chi connectivity index (χ1) is 9.97. The van der Waals surface area contributed by atoms with Crippen LogP contribution >= 0.6 is 0 Å². The third-order valence-electron chi connectivity index (χ3n) is 3.29. The average Bonchev–Trinajstić information content (AvgIpc) is 2.91. The molecule has 0 atom stereocenters. The molecule has 0 unspecified atom stereocenters. The number of hydrogen-bond donors (Lipinski definition) is 2. The molecule has 0 bridgehead atoms. The Morgan fingerprint density at radius 2 is 1.95 bits per heavy atom. The van der Waals surface area contributed by atoms with Gasteiger partial charge in [0, 0.05) is 12.2 Å². The summed E-state index contributed by atoms with van der Waals surface area (Å²) in [4.78, 5) is 0.0219. The number of nitrogens with one attached hydrogen (secondary N) is 2. The topological polar surface area (TPSA) is 58.2 Å². The predicted molar refractivity (Wildman–Crippen MR) is 75.8 cm³/mol. The summed E-state index contributed by atoms with van der Waals surface area (Å²) < 4.78 is 53.2. The van der Waals surface area contributed by atoms with Crippen molar-refractivity contribution in [2.45, 2.75) is 11.3 Å². The van der Waals surface area contributed by atoms with Crippen LogP contribution in [-0.4, -0.2) is 15.0 Å². The van der Waals surface area contributed by atoms with E-state index in [1.165, 1.54) is 24.3 Å². The molecule has 2 aromatic carbocycles. The quantitative estimate of drug-likeness (QED) is 0.916. The molecule has 0 saturated carbocycles. The van der Waals surface area contributed by atoms with E-state index < -0.39 is 27.3 Å². The van der Waals surface area contributed by atoms with Crippen molar-refractivity contribution in [2.24, 2.45) is 0 Å². The highest BCUT2D eigenvalue weighted by Gasteiger charge is 2.20. The number of anilines is 2. The van der Waals surface area contributed by atoms with Gasteiger partial charge in [0.1, 0.15) is 0 Å². The van der Waals surface area contributed by atoms with Crippen molar-refractivity contribution in [3.8, 4) is 0 Å². The van der Waals surface area contributed by atoms with Crippen molar-refractivity contribution in [1.29, 1.82) is 0 Å². The second-order valence-corrected chi connectivity index (χ2v) is 6.39. The van der Waals surface area contributed by atoms with Gasteiger partial charge in [-0.2, -0.15) is 0 Å². The van der Waals surface area contributed by atoms with Crippen LogP contribution in [0.2, 0.25) is 0 Å². The van der Waals surface area contributed by atoms with Crippen molar-refractivity contribution in [3.63, 3.8) is 0 Å². The van der Waals surface area contributed by atoms with E-state index in [2.05, 4.69) is 10.0 Å². The van der Waals surface area contributed by atoms with Crippen LogP contribution < -0.4 is 10.0 Å². The van der Waals surface area contributed by atoms with E-state index in [0.717, 1.165) is 30.3 Å². The molecule has 3 rings (SSSR count). The largest absolute Gasteiger partial charge is 0.384 e. The van der Waals surface area contributed by atoms with E-state index in [0.29, 0.717) is 0 Å². The number of halogens is 2. The molecular formula is C14H12F2N2O2S. The van der Waals surface area contributed by atoms with Crippen LogP contribution in [0.4, 0.5) is 20.2 Å². The Labute approximate surface area is 120 Å². The summed E-state index contributed by atoms with van der Waals surface area (Å²) in [5, 5.41) is 3.12. The summed E-state index contributed by atoms with van der Waals surface area (Å²) in [6, 6.07) is 7.96. The minimum absolute atomic E-state index is 0.0219. The van der Waals surface area contributed by atoms with Crippen LogP contribution in [0.3, 0.4) is 0 Å². The zero-order chi connectivity index (χ0) is 15.0. The Morgan fingerprint density at radius 3 is 2.76 bits per heavy atom. The van der Waals surface area contributed by atoms with Gasteiger partial charge in [-0.05, 0) is 42.3 Å². The molecule has 0 aromatic heterocycles. The lowest BCUT2D eigenvalue weighted by atomic mass is 10.2. The molecule has 110 valence electrons. The Bertz CT molecular complexity index is 807.